The first-order valence-corrected chi connectivity index (χ1v) is 9.66. The molecular formula is C14H23BrN2O3S. The number of hydrogen-bond acceptors (Lipinski definition) is 4. The number of unbranched alkanes of at least 4 members (excludes halogenated alkanes) is 2. The summed E-state index contributed by atoms with van der Waals surface area (Å²) in [7, 11) is -1.87. The lowest BCUT2D eigenvalue weighted by atomic mass is 10.2. The van der Waals surface area contributed by atoms with Crippen LogP contribution in [0.3, 0.4) is 0 Å². The maximum Gasteiger partial charge on any atom is 0.247 e. The first-order valence-electron chi connectivity index (χ1n) is 7.43. The van der Waals surface area contributed by atoms with Crippen molar-refractivity contribution in [2.75, 3.05) is 13.6 Å². The highest BCUT2D eigenvalue weighted by molar-refractivity contribution is 9.10. The number of rotatable bonds is 9. The molecule has 0 spiro atoms. The first-order chi connectivity index (χ1) is 9.95. The van der Waals surface area contributed by atoms with Crippen LogP contribution in [0.5, 0.6) is 0 Å². The van der Waals surface area contributed by atoms with E-state index in [0.717, 1.165) is 19.3 Å². The molecule has 1 aliphatic rings. The van der Waals surface area contributed by atoms with Crippen LogP contribution in [0, 0.1) is 0 Å². The molecule has 1 aliphatic carbocycles. The predicted octanol–water partition coefficient (Wildman–Crippen LogP) is 3.10. The second-order valence-electron chi connectivity index (χ2n) is 5.54. The van der Waals surface area contributed by atoms with Gasteiger partial charge in [-0.05, 0) is 35.2 Å². The molecule has 0 aliphatic heterocycles. The van der Waals surface area contributed by atoms with Crippen LogP contribution in [0.1, 0.15) is 44.8 Å². The van der Waals surface area contributed by atoms with Crippen molar-refractivity contribution < 1.29 is 12.8 Å². The highest BCUT2D eigenvalue weighted by atomic mass is 79.9. The fourth-order valence-corrected chi connectivity index (χ4v) is 4.23. The average molecular weight is 379 g/mol. The fourth-order valence-electron chi connectivity index (χ4n) is 2.07. The molecule has 5 nitrogen and oxygen atoms in total. The third-order valence-electron chi connectivity index (χ3n) is 3.61. The van der Waals surface area contributed by atoms with Crippen LogP contribution >= 0.6 is 15.9 Å². The fraction of sp³-hybridized carbons (Fsp3) is 0.714. The molecular weight excluding hydrogens is 356 g/mol. The molecule has 120 valence electrons. The monoisotopic (exact) mass is 378 g/mol. The summed E-state index contributed by atoms with van der Waals surface area (Å²) in [6.07, 6.45) is 5.35. The van der Waals surface area contributed by atoms with Crippen molar-refractivity contribution in [1.29, 1.82) is 0 Å². The normalized spacial score (nSPS) is 15.8. The van der Waals surface area contributed by atoms with Gasteiger partial charge in [0, 0.05) is 25.7 Å². The molecule has 21 heavy (non-hydrogen) atoms. The van der Waals surface area contributed by atoms with Gasteiger partial charge in [0.15, 0.2) is 4.67 Å². The Balaban J connectivity index is 2.03. The average Bonchev–Trinajstić information content (AvgIpc) is 3.18. The Morgan fingerprint density at radius 2 is 2.14 bits per heavy atom. The quantitative estimate of drug-likeness (QED) is 0.670. The highest BCUT2D eigenvalue weighted by Crippen LogP contribution is 2.29. The summed E-state index contributed by atoms with van der Waals surface area (Å²) in [6, 6.07) is 2.18. The van der Waals surface area contributed by atoms with Gasteiger partial charge >= 0.3 is 0 Å². The summed E-state index contributed by atoms with van der Waals surface area (Å²) in [5.41, 5.74) is 0. The molecule has 0 amide bonds. The minimum atomic E-state index is -3.49. The number of hydrogen-bond donors (Lipinski definition) is 1. The van der Waals surface area contributed by atoms with Crippen molar-refractivity contribution >= 4 is 26.0 Å². The van der Waals surface area contributed by atoms with E-state index in [-0.39, 0.29) is 9.56 Å². The van der Waals surface area contributed by atoms with Gasteiger partial charge in [-0.15, -0.1) is 0 Å². The zero-order chi connectivity index (χ0) is 15.5. The highest BCUT2D eigenvalue weighted by Gasteiger charge is 2.27. The van der Waals surface area contributed by atoms with E-state index >= 15 is 0 Å². The zero-order valence-electron chi connectivity index (χ0n) is 12.6. The minimum Gasteiger partial charge on any atom is -0.452 e. The predicted molar refractivity (Wildman–Crippen MR) is 85.6 cm³/mol. The van der Waals surface area contributed by atoms with Crippen molar-refractivity contribution in [3.8, 4) is 0 Å². The zero-order valence-corrected chi connectivity index (χ0v) is 15.0. The van der Waals surface area contributed by atoms with Gasteiger partial charge in [0.2, 0.25) is 10.0 Å². The van der Waals surface area contributed by atoms with Gasteiger partial charge in [0.1, 0.15) is 10.7 Å². The van der Waals surface area contributed by atoms with Crippen LogP contribution in [0.15, 0.2) is 20.0 Å². The minimum absolute atomic E-state index is 0.217. The Morgan fingerprint density at radius 3 is 2.76 bits per heavy atom. The van der Waals surface area contributed by atoms with E-state index in [9.17, 15) is 8.42 Å². The van der Waals surface area contributed by atoms with Crippen molar-refractivity contribution in [2.24, 2.45) is 0 Å². The van der Waals surface area contributed by atoms with Gasteiger partial charge in [-0.1, -0.05) is 19.8 Å². The third kappa shape index (κ3) is 4.55. The molecule has 0 atom stereocenters. The maximum atomic E-state index is 12.5. The van der Waals surface area contributed by atoms with Gasteiger partial charge in [0.25, 0.3) is 0 Å². The van der Waals surface area contributed by atoms with E-state index in [1.54, 1.807) is 13.1 Å². The van der Waals surface area contributed by atoms with Crippen LogP contribution in [-0.2, 0) is 16.6 Å². The summed E-state index contributed by atoms with van der Waals surface area (Å²) in [6.45, 7) is 3.20. The number of furan rings is 1. The maximum absolute atomic E-state index is 12.5. The molecule has 7 heteroatoms. The van der Waals surface area contributed by atoms with E-state index in [4.69, 9.17) is 4.42 Å². The van der Waals surface area contributed by atoms with E-state index in [2.05, 4.69) is 28.2 Å². The molecule has 2 rings (SSSR count). The van der Waals surface area contributed by atoms with Crippen molar-refractivity contribution in [3.05, 3.63) is 16.5 Å². The second-order valence-corrected chi connectivity index (χ2v) is 8.27. The Labute approximate surface area is 135 Å². The smallest absolute Gasteiger partial charge is 0.247 e. The molecule has 1 aromatic rings. The number of halogens is 1. The summed E-state index contributed by atoms with van der Waals surface area (Å²) in [4.78, 5) is 0.217. The van der Waals surface area contributed by atoms with Gasteiger partial charge in [-0.3, -0.25) is 0 Å². The van der Waals surface area contributed by atoms with E-state index < -0.39 is 10.0 Å². The Kier molecular flexibility index (Phi) is 5.88. The molecule has 1 saturated carbocycles. The number of nitrogens with zero attached hydrogens (tertiary/aromatic N) is 1. The van der Waals surface area contributed by atoms with Crippen molar-refractivity contribution in [2.45, 2.75) is 56.5 Å². The molecule has 1 heterocycles. The molecule has 1 N–H and O–H groups in total. The SMILES string of the molecule is CCCCCN(C)S(=O)(=O)c1cc(CNC2CC2)oc1Br. The lowest BCUT2D eigenvalue weighted by Gasteiger charge is -2.15. The van der Waals surface area contributed by atoms with Gasteiger partial charge < -0.3 is 9.73 Å². The van der Waals surface area contributed by atoms with Gasteiger partial charge in [-0.25, -0.2) is 12.7 Å². The van der Waals surface area contributed by atoms with Crippen LogP contribution in [-0.4, -0.2) is 32.4 Å². The van der Waals surface area contributed by atoms with Crippen molar-refractivity contribution in [3.63, 3.8) is 0 Å². The topological polar surface area (TPSA) is 62.6 Å². The molecule has 0 bridgehead atoms. The number of nitrogens with one attached hydrogen (secondary N) is 1. The molecule has 1 aromatic heterocycles. The van der Waals surface area contributed by atoms with Crippen LogP contribution in [0.2, 0.25) is 0 Å². The largest absolute Gasteiger partial charge is 0.452 e. The lowest BCUT2D eigenvalue weighted by molar-refractivity contribution is 0.444. The second kappa shape index (κ2) is 7.26. The van der Waals surface area contributed by atoms with Gasteiger partial charge in [0.05, 0.1) is 6.54 Å². The summed E-state index contributed by atoms with van der Waals surface area (Å²) in [5, 5.41) is 3.31. The molecule has 0 aromatic carbocycles. The Morgan fingerprint density at radius 1 is 1.43 bits per heavy atom. The standard InChI is InChI=1S/C14H23BrN2O3S/c1-3-4-5-8-17(2)21(18,19)13-9-12(20-14(13)15)10-16-11-6-7-11/h9,11,16H,3-8,10H2,1-2H3. The summed E-state index contributed by atoms with van der Waals surface area (Å²) >= 11 is 3.23. The van der Waals surface area contributed by atoms with Crippen LogP contribution in [0.25, 0.3) is 0 Å². The Hall–Kier alpha value is -0.370. The Bertz CT molecular complexity index is 567. The lowest BCUT2D eigenvalue weighted by Crippen LogP contribution is -2.28. The summed E-state index contributed by atoms with van der Waals surface area (Å²) < 4.78 is 32.2. The molecule has 0 saturated heterocycles. The van der Waals surface area contributed by atoms with Crippen molar-refractivity contribution in [1.82, 2.24) is 9.62 Å². The molecule has 1 fully saturated rings. The number of sulfonamides is 1. The molecule has 0 radical (unpaired) electrons. The third-order valence-corrected chi connectivity index (χ3v) is 6.33. The van der Waals surface area contributed by atoms with Crippen LogP contribution < -0.4 is 5.32 Å². The van der Waals surface area contributed by atoms with Crippen LogP contribution in [0.4, 0.5) is 0 Å². The van der Waals surface area contributed by atoms with E-state index in [1.165, 1.54) is 17.1 Å². The van der Waals surface area contributed by atoms with E-state index in [0.29, 0.717) is 24.9 Å². The molecule has 0 unspecified atom stereocenters. The van der Waals surface area contributed by atoms with Gasteiger partial charge in [-0.2, -0.15) is 0 Å². The van der Waals surface area contributed by atoms with E-state index in [1.807, 2.05) is 0 Å². The first kappa shape index (κ1) is 17.0. The summed E-state index contributed by atoms with van der Waals surface area (Å²) in [5.74, 6) is 0.648.